The number of aromatic hydroxyl groups is 1. The highest BCUT2D eigenvalue weighted by Crippen LogP contribution is 2.34. The topological polar surface area (TPSA) is 32.7 Å². The number of rotatable bonds is 4. The van der Waals surface area contributed by atoms with Crippen LogP contribution in [-0.4, -0.2) is 19.3 Å². The van der Waals surface area contributed by atoms with Crippen LogP contribution in [0.5, 0.6) is 11.5 Å². The van der Waals surface area contributed by atoms with Gasteiger partial charge in [0, 0.05) is 35.9 Å². The maximum atomic E-state index is 12.9. The number of methoxy groups -OCH3 is 1. The zero-order chi connectivity index (χ0) is 14.7. The van der Waals surface area contributed by atoms with Crippen LogP contribution in [0.25, 0.3) is 0 Å². The van der Waals surface area contributed by atoms with E-state index >= 15 is 0 Å². The molecular formula is C15H15ClFNO2. The molecular weight excluding hydrogens is 281 g/mol. The fraction of sp³-hybridized carbons (Fsp3) is 0.200. The van der Waals surface area contributed by atoms with Gasteiger partial charge in [0.05, 0.1) is 7.11 Å². The lowest BCUT2D eigenvalue weighted by atomic mass is 10.1. The van der Waals surface area contributed by atoms with Gasteiger partial charge in [-0.3, -0.25) is 0 Å². The molecule has 0 saturated heterocycles. The second-order valence-corrected chi connectivity index (χ2v) is 4.88. The van der Waals surface area contributed by atoms with E-state index in [-0.39, 0.29) is 11.6 Å². The van der Waals surface area contributed by atoms with Gasteiger partial charge in [0.15, 0.2) is 11.5 Å². The lowest BCUT2D eigenvalue weighted by molar-refractivity contribution is 0.370. The van der Waals surface area contributed by atoms with Crippen molar-refractivity contribution < 1.29 is 14.2 Å². The van der Waals surface area contributed by atoms with E-state index in [9.17, 15) is 9.50 Å². The highest BCUT2D eigenvalue weighted by Gasteiger charge is 2.12. The third kappa shape index (κ3) is 3.14. The van der Waals surface area contributed by atoms with Crippen LogP contribution in [0, 0.1) is 5.82 Å². The summed E-state index contributed by atoms with van der Waals surface area (Å²) >= 11 is 5.99. The second-order valence-electron chi connectivity index (χ2n) is 4.45. The zero-order valence-electron chi connectivity index (χ0n) is 11.2. The van der Waals surface area contributed by atoms with Crippen molar-refractivity contribution in [2.24, 2.45) is 0 Å². The number of phenolic OH excluding ortho intramolecular Hbond substituents is 1. The van der Waals surface area contributed by atoms with E-state index in [0.717, 1.165) is 5.69 Å². The van der Waals surface area contributed by atoms with E-state index in [2.05, 4.69) is 0 Å². The van der Waals surface area contributed by atoms with E-state index in [1.165, 1.54) is 19.2 Å². The van der Waals surface area contributed by atoms with Crippen LogP contribution in [-0.2, 0) is 6.54 Å². The van der Waals surface area contributed by atoms with Crippen LogP contribution >= 0.6 is 11.6 Å². The maximum Gasteiger partial charge on any atom is 0.162 e. The summed E-state index contributed by atoms with van der Waals surface area (Å²) in [5, 5.41) is 10.6. The summed E-state index contributed by atoms with van der Waals surface area (Å²) < 4.78 is 18.0. The van der Waals surface area contributed by atoms with Crippen molar-refractivity contribution in [1.29, 1.82) is 0 Å². The molecule has 0 unspecified atom stereocenters. The average molecular weight is 296 g/mol. The van der Waals surface area contributed by atoms with Gasteiger partial charge in [-0.25, -0.2) is 4.39 Å². The quantitative estimate of drug-likeness (QED) is 0.930. The fourth-order valence-electron chi connectivity index (χ4n) is 1.95. The van der Waals surface area contributed by atoms with E-state index < -0.39 is 0 Å². The number of hydrogen-bond donors (Lipinski definition) is 1. The molecule has 0 amide bonds. The minimum Gasteiger partial charge on any atom is -0.504 e. The summed E-state index contributed by atoms with van der Waals surface area (Å²) in [6, 6.07) is 9.37. The van der Waals surface area contributed by atoms with Gasteiger partial charge in [-0.2, -0.15) is 0 Å². The Labute approximate surface area is 122 Å². The molecule has 20 heavy (non-hydrogen) atoms. The van der Waals surface area contributed by atoms with Crippen LogP contribution in [0.1, 0.15) is 5.56 Å². The largest absolute Gasteiger partial charge is 0.504 e. The van der Waals surface area contributed by atoms with Gasteiger partial charge in [0.2, 0.25) is 0 Å². The summed E-state index contributed by atoms with van der Waals surface area (Å²) in [5.74, 6) is 0.111. The first-order valence-electron chi connectivity index (χ1n) is 6.03. The molecule has 2 aromatic carbocycles. The molecule has 0 atom stereocenters. The summed E-state index contributed by atoms with van der Waals surface area (Å²) in [6.45, 7) is 0.425. The smallest absolute Gasteiger partial charge is 0.162 e. The summed E-state index contributed by atoms with van der Waals surface area (Å²) in [6.07, 6.45) is 0. The molecule has 1 N–H and O–H groups in total. The fourth-order valence-corrected chi connectivity index (χ4v) is 2.18. The number of nitrogens with zero attached hydrogens (tertiary/aromatic N) is 1. The van der Waals surface area contributed by atoms with Crippen molar-refractivity contribution in [3.63, 3.8) is 0 Å². The van der Waals surface area contributed by atoms with Crippen molar-refractivity contribution in [2.45, 2.75) is 6.54 Å². The Hall–Kier alpha value is -1.94. The zero-order valence-corrected chi connectivity index (χ0v) is 12.0. The van der Waals surface area contributed by atoms with E-state index in [1.807, 2.05) is 11.9 Å². The summed E-state index contributed by atoms with van der Waals surface area (Å²) in [5.41, 5.74) is 1.48. The highest BCUT2D eigenvalue weighted by molar-refractivity contribution is 6.30. The van der Waals surface area contributed by atoms with Crippen molar-refractivity contribution in [3.05, 3.63) is 52.8 Å². The summed E-state index contributed by atoms with van der Waals surface area (Å²) in [7, 11) is 3.32. The Morgan fingerprint density at radius 2 is 1.90 bits per heavy atom. The molecule has 5 heteroatoms. The standard InChI is InChI=1S/C15H15ClFNO2/c1-18(13-5-3-12(17)4-6-13)9-10-7-11(16)8-14(20-2)15(10)19/h3-8,19H,9H2,1-2H3. The number of ether oxygens (including phenoxy) is 1. The maximum absolute atomic E-state index is 12.9. The average Bonchev–Trinajstić information content (AvgIpc) is 2.43. The van der Waals surface area contributed by atoms with E-state index in [4.69, 9.17) is 16.3 Å². The molecule has 0 bridgehead atoms. The first kappa shape index (κ1) is 14.5. The van der Waals surface area contributed by atoms with Crippen LogP contribution in [0.4, 0.5) is 10.1 Å². The molecule has 0 radical (unpaired) electrons. The molecule has 0 aliphatic heterocycles. The Morgan fingerprint density at radius 3 is 2.50 bits per heavy atom. The van der Waals surface area contributed by atoms with Gasteiger partial charge in [0.25, 0.3) is 0 Å². The number of benzene rings is 2. The lowest BCUT2D eigenvalue weighted by Gasteiger charge is -2.20. The number of phenols is 1. The number of anilines is 1. The van der Waals surface area contributed by atoms with Crippen molar-refractivity contribution in [2.75, 3.05) is 19.1 Å². The van der Waals surface area contributed by atoms with E-state index in [0.29, 0.717) is 22.9 Å². The molecule has 0 saturated carbocycles. The van der Waals surface area contributed by atoms with Gasteiger partial charge in [-0.05, 0) is 30.3 Å². The molecule has 0 aliphatic carbocycles. The van der Waals surface area contributed by atoms with Gasteiger partial charge in [0.1, 0.15) is 5.82 Å². The minimum atomic E-state index is -0.283. The van der Waals surface area contributed by atoms with Crippen LogP contribution in [0.3, 0.4) is 0 Å². The Kier molecular flexibility index (Phi) is 4.35. The molecule has 0 aromatic heterocycles. The SMILES string of the molecule is COc1cc(Cl)cc(CN(C)c2ccc(F)cc2)c1O. The second kappa shape index (κ2) is 6.01. The third-order valence-corrected chi connectivity index (χ3v) is 3.23. The Morgan fingerprint density at radius 1 is 1.25 bits per heavy atom. The van der Waals surface area contributed by atoms with Gasteiger partial charge >= 0.3 is 0 Å². The molecule has 0 fully saturated rings. The molecule has 3 nitrogen and oxygen atoms in total. The minimum absolute atomic E-state index is 0.0610. The van der Waals surface area contributed by atoms with Crippen LogP contribution < -0.4 is 9.64 Å². The molecule has 2 aromatic rings. The van der Waals surface area contributed by atoms with E-state index in [1.54, 1.807) is 24.3 Å². The predicted molar refractivity (Wildman–Crippen MR) is 78.2 cm³/mol. The molecule has 2 rings (SSSR count). The Bertz CT molecular complexity index is 602. The van der Waals surface area contributed by atoms with Crippen molar-refractivity contribution >= 4 is 17.3 Å². The first-order valence-corrected chi connectivity index (χ1v) is 6.41. The molecule has 106 valence electrons. The predicted octanol–water partition coefficient (Wildman–Crippen LogP) is 3.83. The van der Waals surface area contributed by atoms with Crippen molar-refractivity contribution in [1.82, 2.24) is 0 Å². The molecule has 0 spiro atoms. The van der Waals surface area contributed by atoms with Crippen LogP contribution in [0.15, 0.2) is 36.4 Å². The molecule has 0 heterocycles. The highest BCUT2D eigenvalue weighted by atomic mass is 35.5. The number of halogens is 2. The third-order valence-electron chi connectivity index (χ3n) is 3.01. The first-order chi connectivity index (χ1) is 9.51. The van der Waals surface area contributed by atoms with Gasteiger partial charge in [-0.15, -0.1) is 0 Å². The van der Waals surface area contributed by atoms with Crippen molar-refractivity contribution in [3.8, 4) is 11.5 Å². The van der Waals surface area contributed by atoms with Crippen LogP contribution in [0.2, 0.25) is 5.02 Å². The Balaban J connectivity index is 2.25. The summed E-state index contributed by atoms with van der Waals surface area (Å²) in [4.78, 5) is 1.88. The van der Waals surface area contributed by atoms with Gasteiger partial charge in [-0.1, -0.05) is 11.6 Å². The van der Waals surface area contributed by atoms with Gasteiger partial charge < -0.3 is 14.7 Å². The number of hydrogen-bond acceptors (Lipinski definition) is 3. The monoisotopic (exact) mass is 295 g/mol. The lowest BCUT2D eigenvalue weighted by Crippen LogP contribution is -2.16. The molecule has 0 aliphatic rings. The normalized spacial score (nSPS) is 10.4.